The third-order valence-corrected chi connectivity index (χ3v) is 7.04. The van der Waals surface area contributed by atoms with Gasteiger partial charge in [-0.2, -0.15) is 0 Å². The zero-order chi connectivity index (χ0) is 25.3. The Labute approximate surface area is 210 Å². The number of esters is 1. The van der Waals surface area contributed by atoms with E-state index in [2.05, 4.69) is 65.0 Å². The molecule has 4 rings (SSSR count). The lowest BCUT2D eigenvalue weighted by Gasteiger charge is -2.21. The minimum Gasteiger partial charge on any atom is -0.460 e. The molecule has 2 N–H and O–H groups in total. The number of benzene rings is 1. The molecule has 0 unspecified atom stereocenters. The summed E-state index contributed by atoms with van der Waals surface area (Å²) in [5, 5.41) is 9.83. The van der Waals surface area contributed by atoms with Gasteiger partial charge in [-0.05, 0) is 65.6 Å². The Morgan fingerprint density at radius 1 is 1.17 bits per heavy atom. The quantitative estimate of drug-likeness (QED) is 0.476. The number of carbonyl (C=O) groups is 1. The Bertz CT molecular complexity index is 1290. The van der Waals surface area contributed by atoms with Gasteiger partial charge in [-0.25, -0.2) is 0 Å². The standard InChI is InChI=1S/C27H33N5O2S/c1-16-17(2)35-26-23(16)24(20-12-10-19(11-13-20)9-7-8-14-28)29-21(15-22(33)34-27(4,5)6)25-31-30-18(3)32(25)26/h7,9-13,21H,8,14-15,28H2,1-6H3/t21-/m1/s1. The molecule has 3 heterocycles. The van der Waals surface area contributed by atoms with Gasteiger partial charge in [0.1, 0.15) is 22.5 Å². The van der Waals surface area contributed by atoms with Crippen molar-refractivity contribution in [2.75, 3.05) is 6.54 Å². The van der Waals surface area contributed by atoms with Crippen LogP contribution in [0.4, 0.5) is 0 Å². The predicted molar refractivity (Wildman–Crippen MR) is 141 cm³/mol. The number of nitrogens with two attached hydrogens (primary N) is 1. The van der Waals surface area contributed by atoms with E-state index in [4.69, 9.17) is 15.5 Å². The zero-order valence-electron chi connectivity index (χ0n) is 21.3. The maximum absolute atomic E-state index is 12.8. The monoisotopic (exact) mass is 491 g/mol. The number of nitrogens with zero attached hydrogens (tertiary/aromatic N) is 4. The number of carbonyl (C=O) groups excluding carboxylic acids is 1. The number of rotatable bonds is 6. The van der Waals surface area contributed by atoms with Crippen LogP contribution >= 0.6 is 11.3 Å². The number of aryl methyl sites for hydroxylation is 2. The minimum absolute atomic E-state index is 0.0891. The molecule has 0 amide bonds. The van der Waals surface area contributed by atoms with Crippen LogP contribution in [-0.2, 0) is 9.53 Å². The Hall–Kier alpha value is -3.10. The van der Waals surface area contributed by atoms with E-state index in [0.29, 0.717) is 12.4 Å². The highest BCUT2D eigenvalue weighted by Gasteiger charge is 2.33. The van der Waals surface area contributed by atoms with Gasteiger partial charge in [-0.1, -0.05) is 36.4 Å². The van der Waals surface area contributed by atoms with Crippen LogP contribution in [0.15, 0.2) is 35.3 Å². The lowest BCUT2D eigenvalue weighted by atomic mass is 9.98. The summed E-state index contributed by atoms with van der Waals surface area (Å²) in [6, 6.07) is 7.82. The minimum atomic E-state index is -0.572. The molecule has 8 heteroatoms. The van der Waals surface area contributed by atoms with E-state index < -0.39 is 11.6 Å². The third kappa shape index (κ3) is 5.28. The number of thiophene rings is 1. The third-order valence-electron chi connectivity index (χ3n) is 5.85. The fraction of sp³-hybridized carbons (Fsp3) is 0.407. The maximum atomic E-state index is 12.8. The molecule has 2 aromatic heterocycles. The van der Waals surface area contributed by atoms with Crippen LogP contribution < -0.4 is 5.73 Å². The largest absolute Gasteiger partial charge is 0.460 e. The molecule has 0 bridgehead atoms. The molecule has 1 aliphatic rings. The topological polar surface area (TPSA) is 95.4 Å². The average molecular weight is 492 g/mol. The first kappa shape index (κ1) is 25.0. The normalized spacial score (nSPS) is 15.5. The highest BCUT2D eigenvalue weighted by atomic mass is 32.1. The molecule has 1 aliphatic heterocycles. The molecule has 0 fully saturated rings. The second-order valence-corrected chi connectivity index (χ2v) is 11.0. The summed E-state index contributed by atoms with van der Waals surface area (Å²) in [7, 11) is 0. The molecule has 0 radical (unpaired) electrons. The molecule has 7 nitrogen and oxygen atoms in total. The lowest BCUT2D eigenvalue weighted by Crippen LogP contribution is -2.25. The smallest absolute Gasteiger partial charge is 0.308 e. The molecular weight excluding hydrogens is 458 g/mol. The summed E-state index contributed by atoms with van der Waals surface area (Å²) >= 11 is 1.70. The van der Waals surface area contributed by atoms with E-state index in [1.54, 1.807) is 11.3 Å². The van der Waals surface area contributed by atoms with Gasteiger partial charge in [0.05, 0.1) is 12.1 Å². The first-order chi connectivity index (χ1) is 16.6. The number of aromatic nitrogens is 3. The fourth-order valence-electron chi connectivity index (χ4n) is 4.13. The van der Waals surface area contributed by atoms with Crippen molar-refractivity contribution in [3.8, 4) is 5.00 Å². The highest BCUT2D eigenvalue weighted by Crippen LogP contribution is 2.39. The molecule has 0 saturated carbocycles. The van der Waals surface area contributed by atoms with E-state index in [1.165, 1.54) is 10.4 Å². The molecule has 1 atom stereocenters. The molecule has 35 heavy (non-hydrogen) atoms. The van der Waals surface area contributed by atoms with Crippen LogP contribution in [0.25, 0.3) is 11.1 Å². The van der Waals surface area contributed by atoms with Crippen molar-refractivity contribution in [1.29, 1.82) is 0 Å². The second kappa shape index (κ2) is 9.87. The summed E-state index contributed by atoms with van der Waals surface area (Å²) in [6.45, 7) is 12.4. The summed E-state index contributed by atoms with van der Waals surface area (Å²) in [6.07, 6.45) is 5.09. The van der Waals surface area contributed by atoms with Crippen molar-refractivity contribution >= 4 is 29.1 Å². The van der Waals surface area contributed by atoms with Gasteiger partial charge in [-0.15, -0.1) is 21.5 Å². The van der Waals surface area contributed by atoms with E-state index in [1.807, 2.05) is 27.7 Å². The van der Waals surface area contributed by atoms with Gasteiger partial charge in [0, 0.05) is 16.0 Å². The van der Waals surface area contributed by atoms with Gasteiger partial charge >= 0.3 is 5.97 Å². The molecule has 1 aromatic carbocycles. The molecule has 0 saturated heterocycles. The molecule has 3 aromatic rings. The van der Waals surface area contributed by atoms with E-state index in [9.17, 15) is 4.79 Å². The van der Waals surface area contributed by atoms with E-state index in [-0.39, 0.29) is 12.4 Å². The van der Waals surface area contributed by atoms with Crippen LogP contribution in [-0.4, -0.2) is 38.6 Å². The molecular formula is C27H33N5O2S. The number of hydrogen-bond acceptors (Lipinski definition) is 7. The number of hydrogen-bond donors (Lipinski definition) is 1. The van der Waals surface area contributed by atoms with Crippen molar-refractivity contribution in [1.82, 2.24) is 14.8 Å². The summed E-state index contributed by atoms with van der Waals surface area (Å²) in [5.74, 6) is 1.12. The Morgan fingerprint density at radius 2 is 1.89 bits per heavy atom. The van der Waals surface area contributed by atoms with Crippen molar-refractivity contribution in [3.63, 3.8) is 0 Å². The second-order valence-electron chi connectivity index (χ2n) is 9.79. The Kier molecular flexibility index (Phi) is 7.05. The Balaban J connectivity index is 1.83. The van der Waals surface area contributed by atoms with Gasteiger partial charge in [-0.3, -0.25) is 14.4 Å². The van der Waals surface area contributed by atoms with Crippen LogP contribution in [0.1, 0.15) is 78.4 Å². The maximum Gasteiger partial charge on any atom is 0.308 e. The highest BCUT2D eigenvalue weighted by molar-refractivity contribution is 7.15. The summed E-state index contributed by atoms with van der Waals surface area (Å²) < 4.78 is 7.68. The van der Waals surface area contributed by atoms with Gasteiger partial charge in [0.15, 0.2) is 5.82 Å². The molecule has 0 spiro atoms. The van der Waals surface area contributed by atoms with E-state index in [0.717, 1.165) is 39.6 Å². The number of ether oxygens (including phenoxy) is 1. The van der Waals surface area contributed by atoms with Crippen LogP contribution in [0, 0.1) is 20.8 Å². The average Bonchev–Trinajstić information content (AvgIpc) is 3.25. The predicted octanol–water partition coefficient (Wildman–Crippen LogP) is 5.24. The molecule has 184 valence electrons. The van der Waals surface area contributed by atoms with Gasteiger partial charge < -0.3 is 10.5 Å². The van der Waals surface area contributed by atoms with Crippen LogP contribution in [0.5, 0.6) is 0 Å². The van der Waals surface area contributed by atoms with Crippen molar-refractivity contribution < 1.29 is 9.53 Å². The first-order valence-corrected chi connectivity index (χ1v) is 12.7. The van der Waals surface area contributed by atoms with Crippen molar-refractivity contribution in [2.24, 2.45) is 10.7 Å². The van der Waals surface area contributed by atoms with Crippen molar-refractivity contribution in [2.45, 2.75) is 66.0 Å². The first-order valence-electron chi connectivity index (χ1n) is 11.9. The van der Waals surface area contributed by atoms with Gasteiger partial charge in [0.25, 0.3) is 0 Å². The Morgan fingerprint density at radius 3 is 2.54 bits per heavy atom. The SMILES string of the molecule is Cc1sc2c(c1C)C(c1ccc(C=CCCN)cc1)=N[C@H](CC(=O)OC(C)(C)C)c1nnc(C)n1-2. The number of aliphatic imine (C=N–C) groups is 1. The number of fused-ring (bicyclic) bond motifs is 3. The van der Waals surface area contributed by atoms with Crippen LogP contribution in [0.3, 0.4) is 0 Å². The molecule has 0 aliphatic carbocycles. The van der Waals surface area contributed by atoms with Crippen LogP contribution in [0.2, 0.25) is 0 Å². The fourth-order valence-corrected chi connectivity index (χ4v) is 5.35. The zero-order valence-corrected chi connectivity index (χ0v) is 22.1. The summed E-state index contributed by atoms with van der Waals surface area (Å²) in [5.41, 5.74) is 10.2. The van der Waals surface area contributed by atoms with Crippen molar-refractivity contribution in [3.05, 3.63) is 69.1 Å². The van der Waals surface area contributed by atoms with E-state index >= 15 is 0 Å². The van der Waals surface area contributed by atoms with Gasteiger partial charge in [0.2, 0.25) is 0 Å². The summed E-state index contributed by atoms with van der Waals surface area (Å²) in [4.78, 5) is 19.2. The lowest BCUT2D eigenvalue weighted by molar-refractivity contribution is -0.155.